The number of nitrogens with one attached hydrogen (secondary N) is 8. The molecule has 0 aliphatic carbocycles. The molecule has 0 rings (SSSR count). The van der Waals surface area contributed by atoms with Crippen LogP contribution in [0.1, 0.15) is 338 Å². The van der Waals surface area contributed by atoms with Gasteiger partial charge in [0.05, 0.1) is 12.1 Å². The Balaban J connectivity index is -0.000000351. The molecule has 0 spiro atoms. The number of carbonyl (C=O) groups is 8. The molecule has 8 unspecified atom stereocenters. The summed E-state index contributed by atoms with van der Waals surface area (Å²) in [4.78, 5) is 97.7. The minimum atomic E-state index is -0.521. The Kier molecular flexibility index (Phi) is 65.6. The van der Waals surface area contributed by atoms with E-state index in [-0.39, 0.29) is 90.7 Å². The van der Waals surface area contributed by atoms with Gasteiger partial charge in [-0.25, -0.2) is 0 Å². The van der Waals surface area contributed by atoms with E-state index in [0.717, 1.165) is 180 Å². The minimum absolute atomic E-state index is 0. The van der Waals surface area contributed by atoms with Gasteiger partial charge in [0.1, 0.15) is 24.2 Å². The molecule has 8 amide bonds. The quantitative estimate of drug-likeness (QED) is 0.0257. The van der Waals surface area contributed by atoms with E-state index in [0.29, 0.717) is 25.7 Å². The van der Waals surface area contributed by atoms with E-state index in [9.17, 15) is 38.4 Å². The number of amides is 8. The molecule has 0 aliphatic rings. The first-order chi connectivity index (χ1) is 41.7. The van der Waals surface area contributed by atoms with Gasteiger partial charge in [-0.05, 0) is 107 Å². The Hall–Kier alpha value is -4.32. The van der Waals surface area contributed by atoms with Crippen molar-refractivity contribution < 1.29 is 38.4 Å². The average Bonchev–Trinajstić information content (AvgIpc) is 3.66. The second kappa shape index (κ2) is 62.5. The molecule has 0 fully saturated rings. The normalized spacial score (nSPS) is 13.6. The molecule has 8 atom stereocenters. The molecule has 0 bridgehead atoms. The van der Waals surface area contributed by atoms with Crippen LogP contribution in [0.3, 0.4) is 0 Å². The third-order valence-electron chi connectivity index (χ3n) is 14.9. The molecule has 18 nitrogen and oxygen atoms in total. The van der Waals surface area contributed by atoms with Crippen LogP contribution >= 0.6 is 0 Å². The van der Waals surface area contributed by atoms with Crippen LogP contribution in [0.4, 0.5) is 0 Å². The van der Waals surface area contributed by atoms with Crippen molar-refractivity contribution in [2.24, 2.45) is 23.3 Å². The second-order valence-electron chi connectivity index (χ2n) is 25.9. The summed E-state index contributed by atoms with van der Waals surface area (Å²) in [6, 6.07) is -2.45. The van der Waals surface area contributed by atoms with Crippen molar-refractivity contribution in [3.05, 3.63) is 0 Å². The molecule has 0 aromatic carbocycles. The monoisotopic (exact) mass is 1270 g/mol. The molecule has 528 valence electrons. The molecule has 0 aromatic rings. The highest BCUT2D eigenvalue weighted by Gasteiger charge is 2.27. The van der Waals surface area contributed by atoms with Crippen LogP contribution in [-0.4, -0.2) is 108 Å². The molecule has 18 heteroatoms. The number of hydrogen-bond acceptors (Lipinski definition) is 10. The predicted octanol–water partition coefficient (Wildman–Crippen LogP) is 13.2. The summed E-state index contributed by atoms with van der Waals surface area (Å²) in [6.45, 7) is 36.4. The van der Waals surface area contributed by atoms with Crippen LogP contribution < -0.4 is 54.0 Å². The lowest BCUT2D eigenvalue weighted by molar-refractivity contribution is -0.131. The topological polar surface area (TPSA) is 285 Å². The molecule has 0 saturated carbocycles. The molecule has 12 N–H and O–H groups in total. The lowest BCUT2D eigenvalue weighted by Gasteiger charge is -2.22. The van der Waals surface area contributed by atoms with Gasteiger partial charge in [-0.3, -0.25) is 38.4 Å². The van der Waals surface area contributed by atoms with Crippen LogP contribution in [0.25, 0.3) is 0 Å². The third-order valence-corrected chi connectivity index (χ3v) is 14.9. The van der Waals surface area contributed by atoms with Gasteiger partial charge in [0, 0.05) is 36.0 Å². The van der Waals surface area contributed by atoms with E-state index in [1.165, 1.54) is 0 Å². The summed E-state index contributed by atoms with van der Waals surface area (Å²) >= 11 is 0. The van der Waals surface area contributed by atoms with Crippen LogP contribution in [0.15, 0.2) is 0 Å². The van der Waals surface area contributed by atoms with Crippen LogP contribution in [-0.2, 0) is 38.4 Å². The Bertz CT molecular complexity index is 1520. The summed E-state index contributed by atoms with van der Waals surface area (Å²) in [5.74, 6) is -0.777. The van der Waals surface area contributed by atoms with Crippen LogP contribution in [0.5, 0.6) is 0 Å². The van der Waals surface area contributed by atoms with Crippen LogP contribution in [0.2, 0.25) is 0 Å². The van der Waals surface area contributed by atoms with Crippen molar-refractivity contribution in [1.29, 1.82) is 0 Å². The molecular formula is C71H146N10O8. The van der Waals surface area contributed by atoms with Gasteiger partial charge >= 0.3 is 0 Å². The Morgan fingerprint density at radius 2 is 0.404 bits per heavy atom. The largest absolute Gasteiger partial charge is 0.352 e. The summed E-state index contributed by atoms with van der Waals surface area (Å²) in [5, 5.41) is 23.1. The fraction of sp³-hybridized carbons (Fsp3) is 0.887. The Morgan fingerprint density at radius 1 is 0.236 bits per heavy atom. The van der Waals surface area contributed by atoms with Crippen molar-refractivity contribution in [2.75, 3.05) is 0 Å². The number of rotatable bonds is 48. The Labute approximate surface area is 547 Å². The summed E-state index contributed by atoms with van der Waals surface area (Å²) in [6.07, 6.45) is 31.4. The highest BCUT2D eigenvalue weighted by Crippen LogP contribution is 2.14. The summed E-state index contributed by atoms with van der Waals surface area (Å²) in [5.41, 5.74) is 11.8. The first-order valence-electron chi connectivity index (χ1n) is 35.6. The van der Waals surface area contributed by atoms with Crippen molar-refractivity contribution in [2.45, 2.75) is 398 Å². The molecule has 0 saturated heterocycles. The van der Waals surface area contributed by atoms with Gasteiger partial charge in [0.2, 0.25) is 47.3 Å². The molecule has 0 radical (unpaired) electrons. The van der Waals surface area contributed by atoms with Gasteiger partial charge in [-0.2, -0.15) is 0 Å². The highest BCUT2D eigenvalue weighted by molar-refractivity contribution is 5.91. The van der Waals surface area contributed by atoms with E-state index in [4.69, 9.17) is 11.5 Å². The van der Waals surface area contributed by atoms with Gasteiger partial charge in [0.25, 0.3) is 0 Å². The SMILES string of the molecule is C.CCCCCC(C)C(=O)NC(CCCCC)C(=O)NC(C)C.CCCCCC(C)C(=O)NC(CCCCC)C(=O)NC(C)C.CCCCCC(N)C(=O)NC(CCCCC)C(=O)NC(C)C.CCCCCC(N)C(=O)NC(CCCCC)C(=O)NC(C)C. The average molecular weight is 1270 g/mol. The number of hydrogen-bond donors (Lipinski definition) is 10. The second-order valence-corrected chi connectivity index (χ2v) is 25.9. The predicted molar refractivity (Wildman–Crippen MR) is 375 cm³/mol. The van der Waals surface area contributed by atoms with Crippen molar-refractivity contribution in [3.63, 3.8) is 0 Å². The maximum Gasteiger partial charge on any atom is 0.242 e. The zero-order chi connectivity index (χ0) is 67.8. The summed E-state index contributed by atoms with van der Waals surface area (Å²) < 4.78 is 0. The smallest absolute Gasteiger partial charge is 0.242 e. The van der Waals surface area contributed by atoms with Crippen LogP contribution in [0, 0.1) is 11.8 Å². The lowest BCUT2D eigenvalue weighted by atomic mass is 10.0. The zero-order valence-electron chi connectivity index (χ0n) is 60.0. The van der Waals surface area contributed by atoms with E-state index in [1.54, 1.807) is 0 Å². The number of nitrogens with two attached hydrogens (primary N) is 2. The first-order valence-corrected chi connectivity index (χ1v) is 35.6. The van der Waals surface area contributed by atoms with E-state index in [1.807, 2.05) is 69.2 Å². The van der Waals surface area contributed by atoms with E-state index in [2.05, 4.69) is 97.9 Å². The molecule has 0 heterocycles. The molecule has 89 heavy (non-hydrogen) atoms. The fourth-order valence-electron chi connectivity index (χ4n) is 9.35. The van der Waals surface area contributed by atoms with Gasteiger partial charge < -0.3 is 54.0 Å². The number of carbonyl (C=O) groups excluding carboxylic acids is 8. The first kappa shape index (κ1) is 93.4. The van der Waals surface area contributed by atoms with E-state index < -0.39 is 36.3 Å². The maximum absolute atomic E-state index is 12.3. The van der Waals surface area contributed by atoms with Crippen molar-refractivity contribution in [3.8, 4) is 0 Å². The fourth-order valence-corrected chi connectivity index (χ4v) is 9.35. The van der Waals surface area contributed by atoms with Gasteiger partial charge in [-0.15, -0.1) is 0 Å². The molecule has 0 aromatic heterocycles. The summed E-state index contributed by atoms with van der Waals surface area (Å²) in [7, 11) is 0. The minimum Gasteiger partial charge on any atom is -0.352 e. The van der Waals surface area contributed by atoms with E-state index >= 15 is 0 Å². The van der Waals surface area contributed by atoms with Gasteiger partial charge in [-0.1, -0.05) is 231 Å². The Morgan fingerprint density at radius 3 is 0.584 bits per heavy atom. The standard InChI is InChI=1S/2C18H36N2O2.2C17H35N3O2.CH4/c2*1-6-8-10-12-15(5)17(21)20-16(13-11-9-7-2)18(22)19-14(3)4;2*1-5-7-9-11-14(18)16(21)20-15(12-10-8-6-2)17(22)19-13(3)4;/h2*14-16H,6-13H2,1-5H3,(H,19,22)(H,20,21);2*13-15H,5-12,18H2,1-4H3,(H,19,22)(H,20,21);1H4. The molecular weight excluding hydrogens is 1120 g/mol. The zero-order valence-corrected chi connectivity index (χ0v) is 60.0. The van der Waals surface area contributed by atoms with Crippen molar-refractivity contribution >= 4 is 47.3 Å². The molecule has 0 aliphatic heterocycles. The highest BCUT2D eigenvalue weighted by atomic mass is 16.2. The van der Waals surface area contributed by atoms with Gasteiger partial charge in [0.15, 0.2) is 0 Å². The lowest BCUT2D eigenvalue weighted by Crippen LogP contribution is -2.52. The number of unbranched alkanes of at least 4 members (excludes halogenated alkanes) is 16. The maximum atomic E-state index is 12.3. The van der Waals surface area contributed by atoms with Crippen molar-refractivity contribution in [1.82, 2.24) is 42.5 Å². The third kappa shape index (κ3) is 56.2.